The molecule has 0 bridgehead atoms. The van der Waals surface area contributed by atoms with Crippen LogP contribution in [0.1, 0.15) is 47.0 Å². The van der Waals surface area contributed by atoms with Gasteiger partial charge >= 0.3 is 6.01 Å². The van der Waals surface area contributed by atoms with Crippen molar-refractivity contribution < 1.29 is 4.74 Å². The van der Waals surface area contributed by atoms with Crippen LogP contribution in [0.25, 0.3) is 0 Å². The van der Waals surface area contributed by atoms with E-state index in [4.69, 9.17) is 4.74 Å². The van der Waals surface area contributed by atoms with Crippen LogP contribution in [0.4, 0.5) is 11.9 Å². The Morgan fingerprint density at radius 3 is 2.50 bits per heavy atom. The summed E-state index contributed by atoms with van der Waals surface area (Å²) in [5, 5.41) is 6.54. The maximum Gasteiger partial charge on any atom is 0.323 e. The van der Waals surface area contributed by atoms with E-state index >= 15 is 0 Å². The summed E-state index contributed by atoms with van der Waals surface area (Å²) in [5.41, 5.74) is 0. The fourth-order valence-corrected chi connectivity index (χ4v) is 2.20. The number of hydrogen-bond donors (Lipinski definition) is 2. The molecule has 0 aromatic carbocycles. The van der Waals surface area contributed by atoms with Gasteiger partial charge in [0.25, 0.3) is 0 Å². The minimum Gasteiger partial charge on any atom is -0.461 e. The third kappa shape index (κ3) is 4.21. The van der Waals surface area contributed by atoms with Gasteiger partial charge in [-0.05, 0) is 39.0 Å². The second-order valence-corrected chi connectivity index (χ2v) is 5.78. The number of nitrogens with zero attached hydrogens (tertiary/aromatic N) is 3. The van der Waals surface area contributed by atoms with Crippen molar-refractivity contribution in [2.24, 2.45) is 5.92 Å². The van der Waals surface area contributed by atoms with Gasteiger partial charge in [-0.2, -0.15) is 15.0 Å². The summed E-state index contributed by atoms with van der Waals surface area (Å²) in [6.45, 7) is 9.13. The van der Waals surface area contributed by atoms with Gasteiger partial charge in [0.2, 0.25) is 11.9 Å². The van der Waals surface area contributed by atoms with Crippen LogP contribution in [0.2, 0.25) is 0 Å². The van der Waals surface area contributed by atoms with E-state index in [1.807, 2.05) is 13.8 Å². The summed E-state index contributed by atoms with van der Waals surface area (Å²) >= 11 is 0. The van der Waals surface area contributed by atoms with E-state index in [0.717, 1.165) is 18.9 Å². The lowest BCUT2D eigenvalue weighted by Gasteiger charge is -2.33. The van der Waals surface area contributed by atoms with Crippen LogP contribution in [0.15, 0.2) is 0 Å². The van der Waals surface area contributed by atoms with E-state index in [1.54, 1.807) is 0 Å². The van der Waals surface area contributed by atoms with Crippen LogP contribution in [0, 0.1) is 5.92 Å². The lowest BCUT2D eigenvalue weighted by atomic mass is 9.82. The Bertz CT molecular complexity index is 432. The highest BCUT2D eigenvalue weighted by atomic mass is 16.5. The van der Waals surface area contributed by atoms with Crippen LogP contribution in [-0.2, 0) is 0 Å². The molecule has 112 valence electrons. The van der Waals surface area contributed by atoms with Crippen LogP contribution >= 0.6 is 0 Å². The summed E-state index contributed by atoms with van der Waals surface area (Å²) in [6.07, 6.45) is 3.41. The highest BCUT2D eigenvalue weighted by Crippen LogP contribution is 2.29. The average Bonchev–Trinajstić information content (AvgIpc) is 2.33. The highest BCUT2D eigenvalue weighted by Gasteiger charge is 2.26. The molecule has 1 aliphatic carbocycles. The normalized spacial score (nSPS) is 21.4. The smallest absolute Gasteiger partial charge is 0.323 e. The summed E-state index contributed by atoms with van der Waals surface area (Å²) in [6, 6.07) is 0.849. The van der Waals surface area contributed by atoms with E-state index in [1.165, 1.54) is 12.8 Å². The van der Waals surface area contributed by atoms with Gasteiger partial charge in [0.1, 0.15) is 0 Å². The molecule has 1 fully saturated rings. The van der Waals surface area contributed by atoms with Crippen molar-refractivity contribution in [2.75, 3.05) is 17.2 Å². The quantitative estimate of drug-likeness (QED) is 0.799. The molecule has 2 rings (SSSR count). The number of nitrogens with one attached hydrogen (secondary N) is 2. The number of rotatable bonds is 7. The molecule has 1 aliphatic rings. The first kappa shape index (κ1) is 14.8. The highest BCUT2D eigenvalue weighted by molar-refractivity contribution is 5.37. The molecule has 0 saturated heterocycles. The molecule has 0 spiro atoms. The van der Waals surface area contributed by atoms with Crippen molar-refractivity contribution in [3.8, 4) is 6.01 Å². The van der Waals surface area contributed by atoms with Crippen LogP contribution in [0.5, 0.6) is 6.01 Å². The molecule has 1 saturated carbocycles. The van der Waals surface area contributed by atoms with E-state index in [2.05, 4.69) is 39.4 Å². The third-order valence-electron chi connectivity index (χ3n) is 3.20. The average molecular weight is 279 g/mol. The zero-order chi connectivity index (χ0) is 14.5. The second-order valence-electron chi connectivity index (χ2n) is 5.78. The first-order valence-corrected chi connectivity index (χ1v) is 7.50. The van der Waals surface area contributed by atoms with E-state index in [9.17, 15) is 0 Å². The first-order chi connectivity index (χ1) is 9.56. The van der Waals surface area contributed by atoms with Gasteiger partial charge in [-0.15, -0.1) is 0 Å². The first-order valence-electron chi connectivity index (χ1n) is 7.50. The number of ether oxygens (including phenoxy) is 1. The van der Waals surface area contributed by atoms with Crippen molar-refractivity contribution in [1.29, 1.82) is 0 Å². The van der Waals surface area contributed by atoms with Gasteiger partial charge in [-0.25, -0.2) is 0 Å². The third-order valence-corrected chi connectivity index (χ3v) is 3.20. The molecule has 20 heavy (non-hydrogen) atoms. The van der Waals surface area contributed by atoms with Gasteiger partial charge in [-0.1, -0.05) is 13.8 Å². The largest absolute Gasteiger partial charge is 0.461 e. The van der Waals surface area contributed by atoms with Gasteiger partial charge in [0, 0.05) is 12.6 Å². The SMILES string of the molecule is CCCNc1nc(NC2CC(C)C2)nc(OC(C)C)n1. The molecule has 0 aliphatic heterocycles. The molecule has 0 unspecified atom stereocenters. The second kappa shape index (κ2) is 6.72. The van der Waals surface area contributed by atoms with E-state index in [0.29, 0.717) is 23.9 Å². The molecule has 0 amide bonds. The summed E-state index contributed by atoms with van der Waals surface area (Å²) in [5.74, 6) is 1.97. The molecule has 6 heteroatoms. The van der Waals surface area contributed by atoms with Gasteiger partial charge in [-0.3, -0.25) is 0 Å². The molecular formula is C14H25N5O. The molecular weight excluding hydrogens is 254 g/mol. The number of anilines is 2. The zero-order valence-electron chi connectivity index (χ0n) is 12.8. The Morgan fingerprint density at radius 1 is 1.20 bits per heavy atom. The maximum atomic E-state index is 5.59. The fraction of sp³-hybridized carbons (Fsp3) is 0.786. The Hall–Kier alpha value is -1.59. The lowest BCUT2D eigenvalue weighted by molar-refractivity contribution is 0.222. The number of aromatic nitrogens is 3. The number of hydrogen-bond acceptors (Lipinski definition) is 6. The van der Waals surface area contributed by atoms with Gasteiger partial charge in [0.15, 0.2) is 0 Å². The maximum absolute atomic E-state index is 5.59. The summed E-state index contributed by atoms with van der Waals surface area (Å²) in [7, 11) is 0. The molecule has 1 heterocycles. The van der Waals surface area contributed by atoms with Gasteiger partial charge in [0.05, 0.1) is 6.10 Å². The van der Waals surface area contributed by atoms with Crippen molar-refractivity contribution in [3.63, 3.8) is 0 Å². The Balaban J connectivity index is 2.07. The minimum atomic E-state index is 0.0491. The molecule has 6 nitrogen and oxygen atoms in total. The summed E-state index contributed by atoms with van der Waals surface area (Å²) < 4.78 is 5.59. The molecule has 1 aromatic rings. The van der Waals surface area contributed by atoms with E-state index < -0.39 is 0 Å². The Labute approximate surface area is 120 Å². The summed E-state index contributed by atoms with van der Waals surface area (Å²) in [4.78, 5) is 13.0. The van der Waals surface area contributed by atoms with Crippen LogP contribution < -0.4 is 15.4 Å². The van der Waals surface area contributed by atoms with Crippen molar-refractivity contribution in [1.82, 2.24) is 15.0 Å². The topological polar surface area (TPSA) is 72.0 Å². The van der Waals surface area contributed by atoms with Crippen molar-refractivity contribution in [2.45, 2.75) is 59.1 Å². The van der Waals surface area contributed by atoms with Crippen molar-refractivity contribution >= 4 is 11.9 Å². The lowest BCUT2D eigenvalue weighted by Crippen LogP contribution is -2.34. The monoisotopic (exact) mass is 279 g/mol. The fourth-order valence-electron chi connectivity index (χ4n) is 2.20. The van der Waals surface area contributed by atoms with Crippen LogP contribution in [0.3, 0.4) is 0 Å². The minimum absolute atomic E-state index is 0.0491. The Morgan fingerprint density at radius 2 is 1.90 bits per heavy atom. The molecule has 0 atom stereocenters. The molecule has 2 N–H and O–H groups in total. The van der Waals surface area contributed by atoms with Crippen LogP contribution in [-0.4, -0.2) is 33.6 Å². The predicted octanol–water partition coefficient (Wildman–Crippen LogP) is 2.69. The van der Waals surface area contributed by atoms with Crippen molar-refractivity contribution in [3.05, 3.63) is 0 Å². The van der Waals surface area contributed by atoms with Gasteiger partial charge < -0.3 is 15.4 Å². The predicted molar refractivity (Wildman–Crippen MR) is 80.2 cm³/mol. The Kier molecular flexibility index (Phi) is 4.98. The van der Waals surface area contributed by atoms with E-state index in [-0.39, 0.29) is 6.10 Å². The molecule has 0 radical (unpaired) electrons. The zero-order valence-corrected chi connectivity index (χ0v) is 12.8. The standard InChI is InChI=1S/C14H25N5O/c1-5-6-15-12-17-13(16-11-7-10(4)8-11)19-14(18-12)20-9(2)3/h9-11H,5-8H2,1-4H3,(H2,15,16,17,18,19). The molecule has 1 aromatic heterocycles.